The van der Waals surface area contributed by atoms with Crippen molar-refractivity contribution in [3.8, 4) is 0 Å². The molecule has 1 fully saturated rings. The van der Waals surface area contributed by atoms with Gasteiger partial charge in [-0.3, -0.25) is 4.72 Å². The van der Waals surface area contributed by atoms with Gasteiger partial charge in [0, 0.05) is 6.07 Å². The lowest BCUT2D eigenvalue weighted by atomic mass is 10.0. The number of benzene rings is 1. The van der Waals surface area contributed by atoms with Crippen molar-refractivity contribution in [1.29, 1.82) is 0 Å². The second-order valence-electron chi connectivity index (χ2n) is 4.54. The van der Waals surface area contributed by atoms with Crippen molar-refractivity contribution in [2.75, 3.05) is 4.72 Å². The summed E-state index contributed by atoms with van der Waals surface area (Å²) in [5, 5.41) is -0.431. The minimum absolute atomic E-state index is 0.0690. The standard InChI is InChI=1S/C12H15F2NO2S/c13-11-7-6-9(8-12(11)14)15-18(16,17)10-4-2-1-3-5-10/h6-8,10,15H,1-5H2. The number of anilines is 1. The highest BCUT2D eigenvalue weighted by Gasteiger charge is 2.27. The molecular formula is C12H15F2NO2S. The van der Waals surface area contributed by atoms with Crippen LogP contribution in [0.2, 0.25) is 0 Å². The van der Waals surface area contributed by atoms with Gasteiger partial charge >= 0.3 is 0 Å². The fourth-order valence-electron chi connectivity index (χ4n) is 2.18. The van der Waals surface area contributed by atoms with Crippen LogP contribution >= 0.6 is 0 Å². The van der Waals surface area contributed by atoms with Crippen molar-refractivity contribution < 1.29 is 17.2 Å². The molecule has 0 aromatic heterocycles. The van der Waals surface area contributed by atoms with Crippen molar-refractivity contribution in [2.45, 2.75) is 37.4 Å². The second-order valence-corrected chi connectivity index (χ2v) is 6.50. The molecule has 1 aliphatic carbocycles. The SMILES string of the molecule is O=S(=O)(Nc1ccc(F)c(F)c1)C1CCCCC1. The minimum Gasteiger partial charge on any atom is -0.283 e. The van der Waals surface area contributed by atoms with Gasteiger partial charge in [-0.25, -0.2) is 17.2 Å². The Balaban J connectivity index is 2.13. The molecule has 0 bridgehead atoms. The summed E-state index contributed by atoms with van der Waals surface area (Å²) < 4.78 is 52.1. The fraction of sp³-hybridized carbons (Fsp3) is 0.500. The molecule has 1 saturated carbocycles. The first-order valence-corrected chi connectivity index (χ1v) is 7.50. The van der Waals surface area contributed by atoms with Crippen LogP contribution in [0.15, 0.2) is 18.2 Å². The highest BCUT2D eigenvalue weighted by Crippen LogP contribution is 2.25. The molecule has 0 spiro atoms. The number of hydrogen-bond acceptors (Lipinski definition) is 2. The van der Waals surface area contributed by atoms with E-state index in [1.165, 1.54) is 6.07 Å². The second kappa shape index (κ2) is 5.22. The number of rotatable bonds is 3. The normalized spacial score (nSPS) is 17.7. The predicted molar refractivity (Wildman–Crippen MR) is 65.8 cm³/mol. The molecule has 3 nitrogen and oxygen atoms in total. The largest absolute Gasteiger partial charge is 0.283 e. The van der Waals surface area contributed by atoms with Gasteiger partial charge in [-0.05, 0) is 25.0 Å². The molecule has 0 heterocycles. The van der Waals surface area contributed by atoms with Gasteiger partial charge in [0.2, 0.25) is 10.0 Å². The number of hydrogen-bond donors (Lipinski definition) is 1. The Kier molecular flexibility index (Phi) is 3.85. The van der Waals surface area contributed by atoms with Crippen molar-refractivity contribution in [3.63, 3.8) is 0 Å². The third kappa shape index (κ3) is 2.98. The topological polar surface area (TPSA) is 46.2 Å². The van der Waals surface area contributed by atoms with E-state index >= 15 is 0 Å². The maximum absolute atomic E-state index is 13.0. The Bertz CT molecular complexity index is 525. The maximum atomic E-state index is 13.0. The molecule has 0 amide bonds. The molecule has 1 aromatic carbocycles. The van der Waals surface area contributed by atoms with E-state index in [1.54, 1.807) is 0 Å². The molecule has 0 saturated heterocycles. The quantitative estimate of drug-likeness (QED) is 0.921. The van der Waals surface area contributed by atoms with E-state index in [2.05, 4.69) is 4.72 Å². The molecular weight excluding hydrogens is 260 g/mol. The average Bonchev–Trinajstić information content (AvgIpc) is 2.35. The molecule has 18 heavy (non-hydrogen) atoms. The van der Waals surface area contributed by atoms with Crippen LogP contribution in [-0.2, 0) is 10.0 Å². The maximum Gasteiger partial charge on any atom is 0.235 e. The Morgan fingerprint density at radius 3 is 2.33 bits per heavy atom. The highest BCUT2D eigenvalue weighted by atomic mass is 32.2. The van der Waals surface area contributed by atoms with E-state index in [0.29, 0.717) is 12.8 Å². The summed E-state index contributed by atoms with van der Waals surface area (Å²) in [6, 6.07) is 2.99. The summed E-state index contributed by atoms with van der Waals surface area (Å²) in [5.41, 5.74) is 0.0690. The van der Waals surface area contributed by atoms with Crippen molar-refractivity contribution in [3.05, 3.63) is 29.8 Å². The van der Waals surface area contributed by atoms with Gasteiger partial charge in [0.25, 0.3) is 0 Å². The minimum atomic E-state index is -3.51. The lowest BCUT2D eigenvalue weighted by Gasteiger charge is -2.22. The third-order valence-electron chi connectivity index (χ3n) is 3.17. The van der Waals surface area contributed by atoms with E-state index in [9.17, 15) is 17.2 Å². The summed E-state index contributed by atoms with van der Waals surface area (Å²) in [5.74, 6) is -2.05. The van der Waals surface area contributed by atoms with Gasteiger partial charge in [-0.15, -0.1) is 0 Å². The summed E-state index contributed by atoms with van der Waals surface area (Å²) in [6.07, 6.45) is 4.09. The van der Waals surface area contributed by atoms with Gasteiger partial charge in [0.1, 0.15) is 0 Å². The average molecular weight is 275 g/mol. The van der Waals surface area contributed by atoms with Gasteiger partial charge in [0.05, 0.1) is 10.9 Å². The van der Waals surface area contributed by atoms with Crippen LogP contribution in [-0.4, -0.2) is 13.7 Å². The van der Waals surface area contributed by atoms with E-state index in [1.807, 2.05) is 0 Å². The zero-order valence-corrected chi connectivity index (χ0v) is 10.6. The first-order valence-electron chi connectivity index (χ1n) is 5.96. The van der Waals surface area contributed by atoms with E-state index in [4.69, 9.17) is 0 Å². The molecule has 0 unspecified atom stereocenters. The van der Waals surface area contributed by atoms with Gasteiger partial charge in [0.15, 0.2) is 11.6 Å². The Labute approximate surface area is 105 Å². The van der Waals surface area contributed by atoms with Gasteiger partial charge in [-0.1, -0.05) is 19.3 Å². The van der Waals surface area contributed by atoms with Crippen LogP contribution in [0.1, 0.15) is 32.1 Å². The molecule has 0 aliphatic heterocycles. The number of halogens is 2. The van der Waals surface area contributed by atoms with Gasteiger partial charge < -0.3 is 0 Å². The van der Waals surface area contributed by atoms with Crippen LogP contribution in [0, 0.1) is 11.6 Å². The summed E-state index contributed by atoms with van der Waals surface area (Å²) in [6.45, 7) is 0. The van der Waals surface area contributed by atoms with Crippen LogP contribution in [0.5, 0.6) is 0 Å². The molecule has 1 aromatic rings. The Morgan fingerprint density at radius 1 is 1.06 bits per heavy atom. The molecule has 0 radical (unpaired) electrons. The lowest BCUT2D eigenvalue weighted by Crippen LogP contribution is -2.29. The zero-order chi connectivity index (χ0) is 13.2. The molecule has 6 heteroatoms. The van der Waals surface area contributed by atoms with E-state index in [-0.39, 0.29) is 5.69 Å². The van der Waals surface area contributed by atoms with Crippen LogP contribution in [0.4, 0.5) is 14.5 Å². The molecule has 0 atom stereocenters. The smallest absolute Gasteiger partial charge is 0.235 e. The van der Waals surface area contributed by atoms with Crippen molar-refractivity contribution in [1.82, 2.24) is 0 Å². The van der Waals surface area contributed by atoms with Gasteiger partial charge in [-0.2, -0.15) is 0 Å². The Morgan fingerprint density at radius 2 is 1.72 bits per heavy atom. The number of nitrogens with one attached hydrogen (secondary N) is 1. The lowest BCUT2D eigenvalue weighted by molar-refractivity contribution is 0.486. The van der Waals surface area contributed by atoms with E-state index in [0.717, 1.165) is 31.4 Å². The predicted octanol–water partition coefficient (Wildman–Crippen LogP) is 3.04. The van der Waals surface area contributed by atoms with Crippen molar-refractivity contribution in [2.24, 2.45) is 0 Å². The Hall–Kier alpha value is -1.17. The fourth-order valence-corrected chi connectivity index (χ4v) is 3.76. The summed E-state index contributed by atoms with van der Waals surface area (Å²) in [4.78, 5) is 0. The van der Waals surface area contributed by atoms with Crippen LogP contribution in [0.3, 0.4) is 0 Å². The molecule has 1 N–H and O–H groups in total. The monoisotopic (exact) mass is 275 g/mol. The molecule has 2 rings (SSSR count). The molecule has 100 valence electrons. The van der Waals surface area contributed by atoms with Crippen LogP contribution < -0.4 is 4.72 Å². The van der Waals surface area contributed by atoms with Crippen molar-refractivity contribution >= 4 is 15.7 Å². The number of sulfonamides is 1. The van der Waals surface area contributed by atoms with E-state index < -0.39 is 26.9 Å². The highest BCUT2D eigenvalue weighted by molar-refractivity contribution is 7.93. The first-order chi connectivity index (χ1) is 8.49. The third-order valence-corrected chi connectivity index (χ3v) is 5.04. The summed E-state index contributed by atoms with van der Waals surface area (Å²) in [7, 11) is -3.51. The molecule has 1 aliphatic rings. The first kappa shape index (κ1) is 13.3. The summed E-state index contributed by atoms with van der Waals surface area (Å²) >= 11 is 0. The van der Waals surface area contributed by atoms with Crippen LogP contribution in [0.25, 0.3) is 0 Å². The zero-order valence-electron chi connectivity index (χ0n) is 9.83.